The first-order valence-electron chi connectivity index (χ1n) is 4.95. The minimum atomic E-state index is -0.414. The van der Waals surface area contributed by atoms with Crippen LogP contribution in [0, 0.1) is 12.7 Å². The minimum absolute atomic E-state index is 0.228. The van der Waals surface area contributed by atoms with Gasteiger partial charge >= 0.3 is 0 Å². The first-order valence-corrected chi connectivity index (χ1v) is 4.95. The Labute approximate surface area is 96.8 Å². The third kappa shape index (κ3) is 2.25. The number of nitrogens with zero attached hydrogens (tertiary/aromatic N) is 1. The molecule has 0 fully saturated rings. The quantitative estimate of drug-likeness (QED) is 0.739. The SMILES string of the molecule is Cc1c(F)cccc1NC(=O)c1cc(N)n[nH]1. The maximum Gasteiger partial charge on any atom is 0.273 e. The van der Waals surface area contributed by atoms with E-state index in [0.29, 0.717) is 11.3 Å². The van der Waals surface area contributed by atoms with Gasteiger partial charge in [0.2, 0.25) is 0 Å². The highest BCUT2D eigenvalue weighted by Gasteiger charge is 2.11. The second kappa shape index (κ2) is 4.25. The van der Waals surface area contributed by atoms with Crippen molar-refractivity contribution in [2.45, 2.75) is 6.92 Å². The molecule has 6 heteroatoms. The first-order chi connectivity index (χ1) is 8.08. The Morgan fingerprint density at radius 2 is 2.29 bits per heavy atom. The van der Waals surface area contributed by atoms with Crippen molar-refractivity contribution in [1.82, 2.24) is 10.2 Å². The number of nitrogen functional groups attached to an aromatic ring is 1. The van der Waals surface area contributed by atoms with Gasteiger partial charge in [0.15, 0.2) is 0 Å². The molecule has 1 aromatic carbocycles. The number of halogens is 1. The smallest absolute Gasteiger partial charge is 0.273 e. The molecule has 1 amide bonds. The van der Waals surface area contributed by atoms with Gasteiger partial charge in [-0.3, -0.25) is 9.89 Å². The molecular weight excluding hydrogens is 223 g/mol. The summed E-state index contributed by atoms with van der Waals surface area (Å²) in [7, 11) is 0. The van der Waals surface area contributed by atoms with Gasteiger partial charge in [-0.2, -0.15) is 5.10 Å². The van der Waals surface area contributed by atoms with E-state index in [2.05, 4.69) is 15.5 Å². The number of carbonyl (C=O) groups excluding carboxylic acids is 1. The average Bonchev–Trinajstić information content (AvgIpc) is 2.72. The molecule has 17 heavy (non-hydrogen) atoms. The number of hydrogen-bond acceptors (Lipinski definition) is 3. The van der Waals surface area contributed by atoms with Crippen LogP contribution in [0.1, 0.15) is 16.1 Å². The number of rotatable bonds is 2. The van der Waals surface area contributed by atoms with Crippen LogP contribution >= 0.6 is 0 Å². The molecule has 0 aliphatic carbocycles. The summed E-state index contributed by atoms with van der Waals surface area (Å²) in [6, 6.07) is 5.89. The minimum Gasteiger partial charge on any atom is -0.382 e. The molecule has 2 aromatic rings. The zero-order valence-electron chi connectivity index (χ0n) is 9.12. The summed E-state index contributed by atoms with van der Waals surface area (Å²) < 4.78 is 13.2. The summed E-state index contributed by atoms with van der Waals surface area (Å²) in [5.41, 5.74) is 6.41. The molecule has 0 radical (unpaired) electrons. The van der Waals surface area contributed by atoms with Crippen molar-refractivity contribution < 1.29 is 9.18 Å². The van der Waals surface area contributed by atoms with E-state index in [9.17, 15) is 9.18 Å². The van der Waals surface area contributed by atoms with Gasteiger partial charge in [-0.05, 0) is 19.1 Å². The number of amides is 1. The lowest BCUT2D eigenvalue weighted by Gasteiger charge is -2.07. The zero-order chi connectivity index (χ0) is 12.4. The third-order valence-electron chi connectivity index (χ3n) is 2.36. The second-order valence-electron chi connectivity index (χ2n) is 3.57. The van der Waals surface area contributed by atoms with Crippen LogP contribution in [0.25, 0.3) is 0 Å². The molecule has 2 rings (SSSR count). The fourth-order valence-electron chi connectivity index (χ4n) is 1.39. The lowest BCUT2D eigenvalue weighted by molar-refractivity contribution is 0.102. The van der Waals surface area contributed by atoms with E-state index in [1.807, 2.05) is 0 Å². The highest BCUT2D eigenvalue weighted by atomic mass is 19.1. The Bertz CT molecular complexity index is 564. The van der Waals surface area contributed by atoms with E-state index in [-0.39, 0.29) is 17.3 Å². The molecule has 1 heterocycles. The molecule has 1 aromatic heterocycles. The molecule has 0 aliphatic heterocycles. The van der Waals surface area contributed by atoms with Crippen LogP contribution < -0.4 is 11.1 Å². The van der Waals surface area contributed by atoms with E-state index in [4.69, 9.17) is 5.73 Å². The van der Waals surface area contributed by atoms with Gasteiger partial charge in [0, 0.05) is 17.3 Å². The predicted molar refractivity (Wildman–Crippen MR) is 62.1 cm³/mol. The molecule has 4 N–H and O–H groups in total. The van der Waals surface area contributed by atoms with Crippen molar-refractivity contribution >= 4 is 17.4 Å². The van der Waals surface area contributed by atoms with Gasteiger partial charge in [-0.25, -0.2) is 4.39 Å². The van der Waals surface area contributed by atoms with Crippen molar-refractivity contribution in [3.05, 3.63) is 41.3 Å². The van der Waals surface area contributed by atoms with Crippen LogP contribution in [0.15, 0.2) is 24.3 Å². The topological polar surface area (TPSA) is 83.8 Å². The van der Waals surface area contributed by atoms with Crippen LogP contribution in [-0.2, 0) is 0 Å². The van der Waals surface area contributed by atoms with E-state index in [1.54, 1.807) is 13.0 Å². The standard InChI is InChI=1S/C11H11FN4O/c1-6-7(12)3-2-4-8(6)14-11(17)9-5-10(13)16-15-9/h2-5H,1H3,(H,14,17)(H3,13,15,16). The Balaban J connectivity index is 2.21. The molecule has 0 bridgehead atoms. The summed E-state index contributed by atoms with van der Waals surface area (Å²) in [5, 5.41) is 8.69. The van der Waals surface area contributed by atoms with Gasteiger partial charge < -0.3 is 11.1 Å². The summed E-state index contributed by atoms with van der Waals surface area (Å²) in [6.07, 6.45) is 0. The summed E-state index contributed by atoms with van der Waals surface area (Å²) >= 11 is 0. The molecule has 0 spiro atoms. The number of aromatic amines is 1. The number of aromatic nitrogens is 2. The second-order valence-corrected chi connectivity index (χ2v) is 3.57. The van der Waals surface area contributed by atoms with Gasteiger partial charge in [0.05, 0.1) is 0 Å². The van der Waals surface area contributed by atoms with Crippen molar-refractivity contribution in [3.8, 4) is 0 Å². The van der Waals surface area contributed by atoms with Crippen LogP contribution in [0.4, 0.5) is 15.9 Å². The Morgan fingerprint density at radius 3 is 2.94 bits per heavy atom. The van der Waals surface area contributed by atoms with E-state index >= 15 is 0 Å². The Morgan fingerprint density at radius 1 is 1.53 bits per heavy atom. The van der Waals surface area contributed by atoms with Crippen molar-refractivity contribution in [2.75, 3.05) is 11.1 Å². The lowest BCUT2D eigenvalue weighted by Crippen LogP contribution is -2.13. The molecule has 0 unspecified atom stereocenters. The van der Waals surface area contributed by atoms with Gasteiger partial charge in [-0.15, -0.1) is 0 Å². The predicted octanol–water partition coefficient (Wildman–Crippen LogP) is 1.69. The summed E-state index contributed by atoms with van der Waals surface area (Å²) in [5.74, 6) is -0.555. The molecule has 0 aliphatic rings. The fourth-order valence-corrected chi connectivity index (χ4v) is 1.39. The molecular formula is C11H11FN4O. The van der Waals surface area contributed by atoms with Crippen molar-refractivity contribution in [1.29, 1.82) is 0 Å². The van der Waals surface area contributed by atoms with Crippen LogP contribution in [0.5, 0.6) is 0 Å². The van der Waals surface area contributed by atoms with Crippen molar-refractivity contribution in [2.24, 2.45) is 0 Å². The van der Waals surface area contributed by atoms with Crippen LogP contribution in [-0.4, -0.2) is 16.1 Å². The van der Waals surface area contributed by atoms with E-state index in [0.717, 1.165) is 0 Å². The van der Waals surface area contributed by atoms with Gasteiger partial charge in [-0.1, -0.05) is 6.07 Å². The summed E-state index contributed by atoms with van der Waals surface area (Å²) in [6.45, 7) is 1.59. The number of nitrogens with one attached hydrogen (secondary N) is 2. The fraction of sp³-hybridized carbons (Fsp3) is 0.0909. The largest absolute Gasteiger partial charge is 0.382 e. The maximum absolute atomic E-state index is 13.2. The first kappa shape index (κ1) is 11.1. The average molecular weight is 234 g/mol. The van der Waals surface area contributed by atoms with Gasteiger partial charge in [0.1, 0.15) is 17.3 Å². The van der Waals surface area contributed by atoms with Crippen LogP contribution in [0.3, 0.4) is 0 Å². The Kier molecular flexibility index (Phi) is 2.78. The third-order valence-corrected chi connectivity index (χ3v) is 2.36. The highest BCUT2D eigenvalue weighted by molar-refractivity contribution is 6.03. The maximum atomic E-state index is 13.2. The molecule has 0 atom stereocenters. The van der Waals surface area contributed by atoms with E-state index in [1.165, 1.54) is 18.2 Å². The molecule has 0 saturated heterocycles. The number of carbonyl (C=O) groups is 1. The van der Waals surface area contributed by atoms with Crippen LogP contribution in [0.2, 0.25) is 0 Å². The monoisotopic (exact) mass is 234 g/mol. The number of benzene rings is 1. The highest BCUT2D eigenvalue weighted by Crippen LogP contribution is 2.18. The summed E-state index contributed by atoms with van der Waals surface area (Å²) in [4.78, 5) is 11.7. The molecule has 88 valence electrons. The number of hydrogen-bond donors (Lipinski definition) is 3. The number of H-pyrrole nitrogens is 1. The normalized spacial score (nSPS) is 10.2. The van der Waals surface area contributed by atoms with Gasteiger partial charge in [0.25, 0.3) is 5.91 Å². The number of anilines is 2. The lowest BCUT2D eigenvalue weighted by atomic mass is 10.2. The molecule has 5 nitrogen and oxygen atoms in total. The molecule has 0 saturated carbocycles. The zero-order valence-corrected chi connectivity index (χ0v) is 9.12. The Hall–Kier alpha value is -2.37. The van der Waals surface area contributed by atoms with E-state index < -0.39 is 5.91 Å². The number of nitrogens with two attached hydrogens (primary N) is 1. The van der Waals surface area contributed by atoms with Crippen molar-refractivity contribution in [3.63, 3.8) is 0 Å².